The van der Waals surface area contributed by atoms with E-state index in [1.165, 1.54) is 35.6 Å². The molecule has 3 rings (SSSR count). The Morgan fingerprint density at radius 2 is 1.77 bits per heavy atom. The number of carboxylic acids is 1. The topological polar surface area (TPSA) is 70.4 Å². The second-order valence-corrected chi connectivity index (χ2v) is 5.44. The zero-order valence-corrected chi connectivity index (χ0v) is 12.0. The van der Waals surface area contributed by atoms with Crippen molar-refractivity contribution in [2.24, 2.45) is 0 Å². The number of carbonyl (C=O) groups is 1. The second-order valence-electron chi connectivity index (χ2n) is 4.59. The van der Waals surface area contributed by atoms with E-state index in [2.05, 4.69) is 4.98 Å². The monoisotopic (exact) mass is 315 g/mol. The molecule has 0 saturated carbocycles. The number of phenols is 1. The first-order chi connectivity index (χ1) is 10.5. The molecule has 0 bridgehead atoms. The minimum atomic E-state index is -0.981. The number of hydrogen-bond acceptors (Lipinski definition) is 4. The molecule has 0 fully saturated rings. The Hall–Kier alpha value is -2.73. The van der Waals surface area contributed by atoms with Crippen LogP contribution in [-0.4, -0.2) is 21.2 Å². The van der Waals surface area contributed by atoms with Gasteiger partial charge in [-0.1, -0.05) is 12.1 Å². The largest absolute Gasteiger partial charge is 0.505 e. The summed E-state index contributed by atoms with van der Waals surface area (Å²) >= 11 is 1.35. The number of phenolic OH excluding ortho intramolecular Hbond substituents is 1. The summed E-state index contributed by atoms with van der Waals surface area (Å²) in [4.78, 5) is 15.2. The van der Waals surface area contributed by atoms with Crippen LogP contribution in [0.25, 0.3) is 21.8 Å². The highest BCUT2D eigenvalue weighted by Gasteiger charge is 2.10. The van der Waals surface area contributed by atoms with Crippen LogP contribution in [0.15, 0.2) is 47.8 Å². The molecular weight excluding hydrogens is 305 g/mol. The number of hydrogen-bond donors (Lipinski definition) is 2. The number of carboxylic acid groups (broad SMARTS) is 1. The predicted octanol–water partition coefficient (Wildman–Crippen LogP) is 4.02. The summed E-state index contributed by atoms with van der Waals surface area (Å²) in [6.07, 6.45) is 0. The number of rotatable bonds is 3. The third-order valence-corrected chi connectivity index (χ3v) is 4.02. The predicted molar refractivity (Wildman–Crippen MR) is 81.6 cm³/mol. The van der Waals surface area contributed by atoms with E-state index in [9.17, 15) is 14.3 Å². The minimum Gasteiger partial charge on any atom is -0.505 e. The van der Waals surface area contributed by atoms with Crippen molar-refractivity contribution in [1.29, 1.82) is 0 Å². The molecule has 2 aromatic carbocycles. The number of halogens is 1. The van der Waals surface area contributed by atoms with Crippen molar-refractivity contribution in [3.8, 4) is 27.6 Å². The first-order valence-electron chi connectivity index (χ1n) is 6.33. The average Bonchev–Trinajstić information content (AvgIpc) is 3.00. The van der Waals surface area contributed by atoms with E-state index in [1.54, 1.807) is 18.2 Å². The third kappa shape index (κ3) is 2.68. The molecule has 22 heavy (non-hydrogen) atoms. The molecule has 0 aliphatic rings. The molecule has 6 heteroatoms. The highest BCUT2D eigenvalue weighted by Crippen LogP contribution is 2.31. The van der Waals surface area contributed by atoms with Gasteiger partial charge in [-0.15, -0.1) is 11.3 Å². The van der Waals surface area contributed by atoms with E-state index >= 15 is 0 Å². The van der Waals surface area contributed by atoms with E-state index in [-0.39, 0.29) is 5.56 Å². The van der Waals surface area contributed by atoms with Crippen LogP contribution in [0.3, 0.4) is 0 Å². The van der Waals surface area contributed by atoms with Crippen LogP contribution in [0.5, 0.6) is 5.75 Å². The van der Waals surface area contributed by atoms with Gasteiger partial charge in [0.1, 0.15) is 5.01 Å². The van der Waals surface area contributed by atoms with Crippen molar-refractivity contribution in [1.82, 2.24) is 4.98 Å². The Morgan fingerprint density at radius 3 is 2.41 bits per heavy atom. The lowest BCUT2D eigenvalue weighted by Gasteiger charge is -1.99. The Balaban J connectivity index is 1.93. The van der Waals surface area contributed by atoms with Crippen LogP contribution in [-0.2, 0) is 0 Å². The summed E-state index contributed by atoms with van der Waals surface area (Å²) in [5, 5.41) is 20.5. The summed E-state index contributed by atoms with van der Waals surface area (Å²) in [7, 11) is 0. The molecular formula is C16H10FNO3S. The van der Waals surface area contributed by atoms with E-state index in [1.807, 2.05) is 5.38 Å². The summed E-state index contributed by atoms with van der Waals surface area (Å²) in [6.45, 7) is 0. The summed E-state index contributed by atoms with van der Waals surface area (Å²) in [6, 6.07) is 10.5. The number of aromatic nitrogens is 1. The molecule has 0 atom stereocenters. The molecule has 0 saturated heterocycles. The lowest BCUT2D eigenvalue weighted by molar-refractivity contribution is 0.0697. The highest BCUT2D eigenvalue weighted by molar-refractivity contribution is 7.13. The number of nitrogens with zero attached hydrogens (tertiary/aromatic N) is 1. The molecule has 0 unspecified atom stereocenters. The van der Waals surface area contributed by atoms with Gasteiger partial charge in [0.05, 0.1) is 11.3 Å². The SMILES string of the molecule is O=C(O)c1ccc(-c2csc(-c3ccc(O)c(F)c3)n2)cc1. The van der Waals surface area contributed by atoms with Gasteiger partial charge in [-0.25, -0.2) is 14.2 Å². The Labute approximate surface area is 129 Å². The maximum Gasteiger partial charge on any atom is 0.335 e. The average molecular weight is 315 g/mol. The maximum atomic E-state index is 13.4. The van der Waals surface area contributed by atoms with Crippen LogP contribution < -0.4 is 0 Å². The number of aromatic hydroxyl groups is 1. The van der Waals surface area contributed by atoms with Crippen molar-refractivity contribution in [3.63, 3.8) is 0 Å². The van der Waals surface area contributed by atoms with Crippen LogP contribution >= 0.6 is 11.3 Å². The van der Waals surface area contributed by atoms with Crippen molar-refractivity contribution < 1.29 is 19.4 Å². The second kappa shape index (κ2) is 5.57. The van der Waals surface area contributed by atoms with E-state index < -0.39 is 17.5 Å². The molecule has 2 N–H and O–H groups in total. The normalized spacial score (nSPS) is 10.6. The van der Waals surface area contributed by atoms with Gasteiger partial charge in [0, 0.05) is 16.5 Å². The Kier molecular flexibility index (Phi) is 3.60. The highest BCUT2D eigenvalue weighted by atomic mass is 32.1. The zero-order valence-electron chi connectivity index (χ0n) is 11.2. The van der Waals surface area contributed by atoms with Crippen molar-refractivity contribution >= 4 is 17.3 Å². The van der Waals surface area contributed by atoms with Gasteiger partial charge in [0.25, 0.3) is 0 Å². The van der Waals surface area contributed by atoms with Crippen molar-refractivity contribution in [3.05, 3.63) is 59.2 Å². The molecule has 0 aliphatic heterocycles. The molecule has 0 aliphatic carbocycles. The fourth-order valence-corrected chi connectivity index (χ4v) is 2.79. The van der Waals surface area contributed by atoms with Gasteiger partial charge in [-0.05, 0) is 30.3 Å². The number of thiazole rings is 1. The van der Waals surface area contributed by atoms with Crippen molar-refractivity contribution in [2.75, 3.05) is 0 Å². The van der Waals surface area contributed by atoms with Gasteiger partial charge in [-0.2, -0.15) is 0 Å². The van der Waals surface area contributed by atoms with Gasteiger partial charge in [0.2, 0.25) is 0 Å². The standard InChI is InChI=1S/C16H10FNO3S/c17-12-7-11(5-6-14(12)19)15-18-13(8-22-15)9-1-3-10(4-2-9)16(20)21/h1-8,19H,(H,20,21). The molecule has 0 amide bonds. The van der Waals surface area contributed by atoms with Crippen LogP contribution in [0.2, 0.25) is 0 Å². The molecule has 110 valence electrons. The fraction of sp³-hybridized carbons (Fsp3) is 0. The van der Waals surface area contributed by atoms with Gasteiger partial charge < -0.3 is 10.2 Å². The maximum absolute atomic E-state index is 13.4. The van der Waals surface area contributed by atoms with Gasteiger partial charge in [-0.3, -0.25) is 0 Å². The van der Waals surface area contributed by atoms with Crippen LogP contribution in [0.4, 0.5) is 4.39 Å². The van der Waals surface area contributed by atoms with E-state index in [0.717, 1.165) is 5.56 Å². The first-order valence-corrected chi connectivity index (χ1v) is 7.21. The molecule has 0 spiro atoms. The smallest absolute Gasteiger partial charge is 0.335 e. The number of benzene rings is 2. The fourth-order valence-electron chi connectivity index (χ4n) is 1.96. The van der Waals surface area contributed by atoms with Gasteiger partial charge in [0.15, 0.2) is 11.6 Å². The molecule has 4 nitrogen and oxygen atoms in total. The third-order valence-electron chi connectivity index (χ3n) is 3.13. The summed E-state index contributed by atoms with van der Waals surface area (Å²) in [5.74, 6) is -2.07. The minimum absolute atomic E-state index is 0.208. The van der Waals surface area contributed by atoms with Crippen LogP contribution in [0.1, 0.15) is 10.4 Å². The lowest BCUT2D eigenvalue weighted by atomic mass is 10.1. The Morgan fingerprint density at radius 1 is 1.09 bits per heavy atom. The van der Waals surface area contributed by atoms with Crippen LogP contribution in [0, 0.1) is 5.82 Å². The van der Waals surface area contributed by atoms with E-state index in [0.29, 0.717) is 16.3 Å². The van der Waals surface area contributed by atoms with Gasteiger partial charge >= 0.3 is 5.97 Å². The zero-order chi connectivity index (χ0) is 15.7. The van der Waals surface area contributed by atoms with Crippen molar-refractivity contribution in [2.45, 2.75) is 0 Å². The molecule has 1 aromatic heterocycles. The molecule has 3 aromatic rings. The molecule has 1 heterocycles. The quantitative estimate of drug-likeness (QED) is 0.766. The summed E-state index contributed by atoms with van der Waals surface area (Å²) in [5.41, 5.74) is 2.26. The molecule has 0 radical (unpaired) electrons. The van der Waals surface area contributed by atoms with E-state index in [4.69, 9.17) is 5.11 Å². The summed E-state index contributed by atoms with van der Waals surface area (Å²) < 4.78 is 13.4. The Bertz CT molecular complexity index is 843. The lowest BCUT2D eigenvalue weighted by Crippen LogP contribution is -1.94. The number of aromatic carboxylic acids is 1. The first kappa shape index (κ1) is 14.2.